The van der Waals surface area contributed by atoms with Gasteiger partial charge in [-0.2, -0.15) is 0 Å². The lowest BCUT2D eigenvalue weighted by Crippen LogP contribution is -2.59. The summed E-state index contributed by atoms with van der Waals surface area (Å²) in [4.78, 5) is 69.6. The van der Waals surface area contributed by atoms with E-state index in [2.05, 4.69) is 26.3 Å². The number of aliphatic carboxylic acids is 1. The SMILES string of the molecule is NCCCC[C@H](NC(=O)[C@H](CCCCN)NC(=O)[C@H](Cc1c[nH]c2ccccc12)NC(=O)[C@H](CCCCN)NC(=O)[C@@H](N)CCCCN)C(=O)O. The van der Waals surface area contributed by atoms with Crippen molar-refractivity contribution in [3.63, 3.8) is 0 Å². The monoisotopic (exact) mass is 716 g/mol. The van der Waals surface area contributed by atoms with Gasteiger partial charge in [-0.1, -0.05) is 24.6 Å². The second kappa shape index (κ2) is 24.2. The van der Waals surface area contributed by atoms with E-state index in [4.69, 9.17) is 28.7 Å². The predicted molar refractivity (Wildman–Crippen MR) is 197 cm³/mol. The molecule has 0 spiro atoms. The summed E-state index contributed by atoms with van der Waals surface area (Å²) >= 11 is 0. The number of carboxylic acids is 1. The van der Waals surface area contributed by atoms with Crippen LogP contribution in [0.2, 0.25) is 0 Å². The van der Waals surface area contributed by atoms with E-state index in [0.717, 1.165) is 16.5 Å². The second-order valence-corrected chi connectivity index (χ2v) is 12.9. The van der Waals surface area contributed by atoms with Gasteiger partial charge in [-0.05, 0) is 108 Å². The van der Waals surface area contributed by atoms with Crippen LogP contribution in [-0.4, -0.2) is 96.1 Å². The zero-order valence-corrected chi connectivity index (χ0v) is 29.7. The van der Waals surface area contributed by atoms with Crippen molar-refractivity contribution in [2.24, 2.45) is 28.7 Å². The topological polar surface area (TPSA) is 300 Å². The molecule has 16 nitrogen and oxygen atoms in total. The Balaban J connectivity index is 2.37. The number of unbranched alkanes of at least 4 members (excludes halogenated alkanes) is 4. The summed E-state index contributed by atoms with van der Waals surface area (Å²) in [5.74, 6) is -3.59. The number of carbonyl (C=O) groups excluding carboxylic acids is 4. The van der Waals surface area contributed by atoms with Gasteiger partial charge in [0.05, 0.1) is 6.04 Å². The van der Waals surface area contributed by atoms with E-state index < -0.39 is 59.8 Å². The molecule has 0 saturated carbocycles. The average molecular weight is 717 g/mol. The van der Waals surface area contributed by atoms with Crippen LogP contribution in [0.25, 0.3) is 10.9 Å². The highest BCUT2D eigenvalue weighted by Crippen LogP contribution is 2.20. The number of fused-ring (bicyclic) bond motifs is 1. The summed E-state index contributed by atoms with van der Waals surface area (Å²) in [6.45, 7) is 1.63. The van der Waals surface area contributed by atoms with Crippen molar-refractivity contribution < 1.29 is 29.1 Å². The molecule has 2 aromatic rings. The van der Waals surface area contributed by atoms with Gasteiger partial charge in [0.2, 0.25) is 23.6 Å². The van der Waals surface area contributed by atoms with Crippen LogP contribution in [-0.2, 0) is 30.4 Å². The van der Waals surface area contributed by atoms with E-state index in [1.807, 2.05) is 24.3 Å². The number of nitrogens with two attached hydrogens (primary N) is 5. The maximum Gasteiger partial charge on any atom is 0.326 e. The molecule has 1 aromatic carbocycles. The fourth-order valence-electron chi connectivity index (χ4n) is 5.74. The van der Waals surface area contributed by atoms with E-state index in [-0.39, 0.29) is 25.7 Å². The summed E-state index contributed by atoms with van der Waals surface area (Å²) in [5.41, 5.74) is 30.2. The predicted octanol–water partition coefficient (Wildman–Crippen LogP) is -0.422. The third-order valence-corrected chi connectivity index (χ3v) is 8.76. The third-order valence-electron chi connectivity index (χ3n) is 8.76. The molecule has 0 aliphatic carbocycles. The maximum atomic E-state index is 14.1. The summed E-state index contributed by atoms with van der Waals surface area (Å²) in [6, 6.07) is 2.21. The molecule has 16 N–H and O–H groups in total. The lowest BCUT2D eigenvalue weighted by atomic mass is 10.0. The maximum absolute atomic E-state index is 14.1. The number of hydrogen-bond donors (Lipinski definition) is 11. The molecule has 5 atom stereocenters. The van der Waals surface area contributed by atoms with Gasteiger partial charge in [0, 0.05) is 23.5 Å². The summed E-state index contributed by atoms with van der Waals surface area (Å²) < 4.78 is 0. The van der Waals surface area contributed by atoms with Crippen LogP contribution in [0.15, 0.2) is 30.5 Å². The fourth-order valence-corrected chi connectivity index (χ4v) is 5.74. The van der Waals surface area contributed by atoms with Crippen molar-refractivity contribution in [3.05, 3.63) is 36.0 Å². The zero-order chi connectivity index (χ0) is 37.6. The van der Waals surface area contributed by atoms with Gasteiger partial charge in [0.25, 0.3) is 0 Å². The molecule has 0 saturated heterocycles. The largest absolute Gasteiger partial charge is 0.480 e. The minimum absolute atomic E-state index is 0.0532. The zero-order valence-electron chi connectivity index (χ0n) is 29.7. The van der Waals surface area contributed by atoms with Crippen molar-refractivity contribution in [1.29, 1.82) is 0 Å². The molecule has 51 heavy (non-hydrogen) atoms. The molecule has 0 aliphatic heterocycles. The molecule has 0 fully saturated rings. The summed E-state index contributed by atoms with van der Waals surface area (Å²) in [6.07, 6.45) is 7.51. The number of H-pyrrole nitrogens is 1. The molecular formula is C35H60N10O6. The molecule has 0 radical (unpaired) electrons. The van der Waals surface area contributed by atoms with Gasteiger partial charge in [-0.15, -0.1) is 0 Å². The Morgan fingerprint density at radius 3 is 1.55 bits per heavy atom. The number of aromatic amines is 1. The quantitative estimate of drug-likeness (QED) is 0.0528. The highest BCUT2D eigenvalue weighted by Gasteiger charge is 2.32. The number of aromatic nitrogens is 1. The first kappa shape index (κ1) is 43.1. The Bertz CT molecular complexity index is 1370. The first-order valence-electron chi connectivity index (χ1n) is 18.1. The van der Waals surface area contributed by atoms with Crippen LogP contribution in [0.5, 0.6) is 0 Å². The molecule has 0 unspecified atom stereocenters. The van der Waals surface area contributed by atoms with E-state index >= 15 is 0 Å². The number of para-hydroxylation sites is 1. The van der Waals surface area contributed by atoms with E-state index in [1.165, 1.54) is 0 Å². The standard InChI is InChI=1S/C35H60N10O6/c36-17-7-3-12-25(40)31(46)42-27(14-4-8-18-37)33(48)45-30(21-23-22-41-26-13-2-1-11-24(23)26)34(49)43-28(15-5-9-19-38)32(47)44-29(35(50)51)16-6-10-20-39/h1-2,11,13,22,25,27-30,41H,3-10,12,14-21,36-40H2,(H,42,46)(H,43,49)(H,44,47)(H,45,48)(H,50,51)/t25-,27-,28-,29-,30-/m0/s1. The molecule has 286 valence electrons. The lowest BCUT2D eigenvalue weighted by Gasteiger charge is -2.26. The first-order valence-corrected chi connectivity index (χ1v) is 18.1. The second-order valence-electron chi connectivity index (χ2n) is 12.9. The van der Waals surface area contributed by atoms with Crippen molar-refractivity contribution in [2.45, 2.75) is 114 Å². The van der Waals surface area contributed by atoms with Gasteiger partial charge in [-0.3, -0.25) is 19.2 Å². The van der Waals surface area contributed by atoms with E-state index in [9.17, 15) is 29.1 Å². The summed E-state index contributed by atoms with van der Waals surface area (Å²) in [7, 11) is 0. The highest BCUT2D eigenvalue weighted by molar-refractivity contribution is 5.96. The molecule has 1 aromatic heterocycles. The van der Waals surface area contributed by atoms with Crippen molar-refractivity contribution >= 4 is 40.5 Å². The van der Waals surface area contributed by atoms with Gasteiger partial charge in [-0.25, -0.2) is 4.79 Å². The molecule has 4 amide bonds. The molecule has 0 bridgehead atoms. The Morgan fingerprint density at radius 1 is 0.588 bits per heavy atom. The van der Waals surface area contributed by atoms with Gasteiger partial charge in [0.15, 0.2) is 0 Å². The normalized spacial score (nSPS) is 14.2. The number of rotatable bonds is 27. The van der Waals surface area contributed by atoms with Crippen LogP contribution < -0.4 is 49.9 Å². The highest BCUT2D eigenvalue weighted by atomic mass is 16.4. The number of amides is 4. The van der Waals surface area contributed by atoms with Crippen LogP contribution in [0.1, 0.15) is 82.6 Å². The lowest BCUT2D eigenvalue weighted by molar-refractivity contribution is -0.142. The Hall–Kier alpha value is -4.09. The number of nitrogens with one attached hydrogen (secondary N) is 5. The Labute approximate surface area is 300 Å². The van der Waals surface area contributed by atoms with Crippen LogP contribution in [0.4, 0.5) is 0 Å². The van der Waals surface area contributed by atoms with Crippen LogP contribution in [0.3, 0.4) is 0 Å². The molecule has 16 heteroatoms. The Kier molecular flexibility index (Phi) is 20.4. The molecule has 1 heterocycles. The average Bonchev–Trinajstić information content (AvgIpc) is 3.52. The number of carboxylic acid groups (broad SMARTS) is 1. The van der Waals surface area contributed by atoms with Crippen molar-refractivity contribution in [3.8, 4) is 0 Å². The van der Waals surface area contributed by atoms with E-state index in [1.54, 1.807) is 6.20 Å². The number of carbonyl (C=O) groups is 5. The van der Waals surface area contributed by atoms with Gasteiger partial charge in [0.1, 0.15) is 24.2 Å². The minimum atomic E-state index is -1.20. The summed E-state index contributed by atoms with van der Waals surface area (Å²) in [5, 5.41) is 21.5. The molecule has 2 rings (SSSR count). The fraction of sp³-hybridized carbons (Fsp3) is 0.629. The number of benzene rings is 1. The van der Waals surface area contributed by atoms with Crippen molar-refractivity contribution in [2.75, 3.05) is 26.2 Å². The molecule has 0 aliphatic rings. The van der Waals surface area contributed by atoms with Crippen LogP contribution in [0, 0.1) is 0 Å². The molecular weight excluding hydrogens is 656 g/mol. The third kappa shape index (κ3) is 15.4. The van der Waals surface area contributed by atoms with Gasteiger partial charge < -0.3 is 60.0 Å². The number of hydrogen-bond acceptors (Lipinski definition) is 10. The van der Waals surface area contributed by atoms with Crippen LogP contribution >= 0.6 is 0 Å². The Morgan fingerprint density at radius 2 is 1.02 bits per heavy atom. The van der Waals surface area contributed by atoms with E-state index in [0.29, 0.717) is 84.0 Å². The van der Waals surface area contributed by atoms with Gasteiger partial charge >= 0.3 is 5.97 Å². The smallest absolute Gasteiger partial charge is 0.326 e. The van der Waals surface area contributed by atoms with Crippen molar-refractivity contribution in [1.82, 2.24) is 26.3 Å². The minimum Gasteiger partial charge on any atom is -0.480 e. The first-order chi connectivity index (χ1) is 24.6.